The zero-order valence-electron chi connectivity index (χ0n) is 15.8. The van der Waals surface area contributed by atoms with Crippen LogP contribution in [0.4, 0.5) is 0 Å². The Kier molecular flexibility index (Phi) is 12.6. The quantitative estimate of drug-likeness (QED) is 0.222. The number of hydrogen-bond acceptors (Lipinski definition) is 4. The first kappa shape index (κ1) is 24.9. The minimum Gasteiger partial charge on any atom is -0.357 e. The summed E-state index contributed by atoms with van der Waals surface area (Å²) < 4.78 is 24.2. The molecule has 9 heteroatoms. The number of sulfone groups is 1. The van der Waals surface area contributed by atoms with Crippen molar-refractivity contribution in [2.45, 2.75) is 45.7 Å². The van der Waals surface area contributed by atoms with Crippen LogP contribution in [-0.2, 0) is 16.4 Å². The SMILES string of the molecule is CCNC(=NCCCCn1ccccc1=O)NC(C)CCS(C)(=O)=O.I. The van der Waals surface area contributed by atoms with Gasteiger partial charge in [0.05, 0.1) is 5.75 Å². The van der Waals surface area contributed by atoms with E-state index >= 15 is 0 Å². The lowest BCUT2D eigenvalue weighted by Gasteiger charge is -2.17. The number of halogens is 1. The molecule has 0 fully saturated rings. The lowest BCUT2D eigenvalue weighted by atomic mass is 10.2. The van der Waals surface area contributed by atoms with E-state index in [1.807, 2.05) is 19.9 Å². The minimum atomic E-state index is -2.95. The maximum atomic E-state index is 11.6. The molecule has 0 saturated heterocycles. The monoisotopic (exact) mass is 498 g/mol. The molecule has 2 N–H and O–H groups in total. The van der Waals surface area contributed by atoms with Crippen molar-refractivity contribution in [3.8, 4) is 0 Å². The molecule has 1 rings (SSSR count). The summed E-state index contributed by atoms with van der Waals surface area (Å²) in [5.74, 6) is 0.854. The lowest BCUT2D eigenvalue weighted by Crippen LogP contribution is -2.42. The predicted octanol–water partition coefficient (Wildman–Crippen LogP) is 1.62. The van der Waals surface area contributed by atoms with Crippen molar-refractivity contribution in [1.82, 2.24) is 15.2 Å². The molecule has 0 amide bonds. The number of pyridine rings is 1. The van der Waals surface area contributed by atoms with E-state index < -0.39 is 9.84 Å². The van der Waals surface area contributed by atoms with Crippen molar-refractivity contribution in [2.75, 3.05) is 25.1 Å². The fraction of sp³-hybridized carbons (Fsp3) is 0.647. The molecule has 1 aromatic rings. The van der Waals surface area contributed by atoms with Crippen molar-refractivity contribution >= 4 is 39.8 Å². The molecule has 1 atom stereocenters. The second kappa shape index (κ2) is 13.1. The van der Waals surface area contributed by atoms with Crippen molar-refractivity contribution in [2.24, 2.45) is 4.99 Å². The van der Waals surface area contributed by atoms with Crippen LogP contribution in [0.3, 0.4) is 0 Å². The molecule has 0 bridgehead atoms. The number of aliphatic imine (C=N–C) groups is 1. The molecule has 0 aliphatic rings. The molecule has 7 nitrogen and oxygen atoms in total. The molecule has 1 unspecified atom stereocenters. The Balaban J connectivity index is 0.00000625. The van der Waals surface area contributed by atoms with E-state index in [4.69, 9.17) is 0 Å². The predicted molar refractivity (Wildman–Crippen MR) is 118 cm³/mol. The Morgan fingerprint density at radius 3 is 2.65 bits per heavy atom. The summed E-state index contributed by atoms with van der Waals surface area (Å²) >= 11 is 0. The van der Waals surface area contributed by atoms with E-state index in [9.17, 15) is 13.2 Å². The smallest absolute Gasteiger partial charge is 0.250 e. The number of nitrogens with zero attached hydrogens (tertiary/aromatic N) is 2. The third-order valence-corrected chi connectivity index (χ3v) is 4.60. The van der Waals surface area contributed by atoms with Crippen LogP contribution in [-0.4, -0.2) is 50.1 Å². The van der Waals surface area contributed by atoms with Crippen LogP contribution in [0.25, 0.3) is 0 Å². The molecule has 0 aliphatic heterocycles. The molecular formula is C17H31IN4O3S. The number of nitrogens with one attached hydrogen (secondary N) is 2. The number of guanidine groups is 1. The van der Waals surface area contributed by atoms with Gasteiger partial charge in [0.15, 0.2) is 5.96 Å². The van der Waals surface area contributed by atoms with Gasteiger partial charge in [-0.15, -0.1) is 24.0 Å². The van der Waals surface area contributed by atoms with Gasteiger partial charge < -0.3 is 15.2 Å². The first-order valence-electron chi connectivity index (χ1n) is 8.70. The maximum Gasteiger partial charge on any atom is 0.250 e. The number of hydrogen-bond donors (Lipinski definition) is 2. The molecule has 1 heterocycles. The summed E-state index contributed by atoms with van der Waals surface area (Å²) in [4.78, 5) is 16.1. The number of aryl methyl sites for hydroxylation is 1. The molecule has 26 heavy (non-hydrogen) atoms. The van der Waals surface area contributed by atoms with Gasteiger partial charge in [-0.1, -0.05) is 6.07 Å². The van der Waals surface area contributed by atoms with Crippen LogP contribution < -0.4 is 16.2 Å². The van der Waals surface area contributed by atoms with Crippen LogP contribution in [0.1, 0.15) is 33.1 Å². The second-order valence-corrected chi connectivity index (χ2v) is 8.42. The Hall–Kier alpha value is -1.10. The third-order valence-electron chi connectivity index (χ3n) is 3.63. The van der Waals surface area contributed by atoms with Crippen LogP contribution in [0.5, 0.6) is 0 Å². The summed E-state index contributed by atoms with van der Waals surface area (Å²) in [7, 11) is -2.95. The molecular weight excluding hydrogens is 467 g/mol. The first-order chi connectivity index (χ1) is 11.8. The molecule has 0 spiro atoms. The van der Waals surface area contributed by atoms with Gasteiger partial charge in [-0.3, -0.25) is 9.79 Å². The van der Waals surface area contributed by atoms with Crippen molar-refractivity contribution in [3.63, 3.8) is 0 Å². The van der Waals surface area contributed by atoms with E-state index in [1.165, 1.54) is 6.26 Å². The highest BCUT2D eigenvalue weighted by Crippen LogP contribution is 1.97. The summed E-state index contributed by atoms with van der Waals surface area (Å²) in [6, 6.07) is 5.17. The van der Waals surface area contributed by atoms with Crippen LogP contribution in [0.15, 0.2) is 34.2 Å². The van der Waals surface area contributed by atoms with Crippen LogP contribution in [0, 0.1) is 0 Å². The summed E-state index contributed by atoms with van der Waals surface area (Å²) in [5, 5.41) is 6.39. The van der Waals surface area contributed by atoms with E-state index in [-0.39, 0.29) is 41.3 Å². The van der Waals surface area contributed by atoms with Gasteiger partial charge in [0, 0.05) is 44.2 Å². The molecule has 0 radical (unpaired) electrons. The number of aromatic nitrogens is 1. The Morgan fingerprint density at radius 1 is 1.31 bits per heavy atom. The molecule has 150 valence electrons. The number of rotatable bonds is 10. The van der Waals surface area contributed by atoms with Crippen LogP contribution >= 0.6 is 24.0 Å². The highest BCUT2D eigenvalue weighted by Gasteiger charge is 2.09. The van der Waals surface area contributed by atoms with Gasteiger partial charge >= 0.3 is 0 Å². The molecule has 1 aromatic heterocycles. The second-order valence-electron chi connectivity index (χ2n) is 6.16. The zero-order valence-corrected chi connectivity index (χ0v) is 18.9. The first-order valence-corrected chi connectivity index (χ1v) is 10.8. The van der Waals surface area contributed by atoms with Crippen molar-refractivity contribution in [3.05, 3.63) is 34.7 Å². The summed E-state index contributed by atoms with van der Waals surface area (Å²) in [6.45, 7) is 6.00. The van der Waals surface area contributed by atoms with E-state index in [1.54, 1.807) is 22.9 Å². The van der Waals surface area contributed by atoms with Gasteiger partial charge in [0.1, 0.15) is 9.84 Å². The average molecular weight is 498 g/mol. The third kappa shape index (κ3) is 11.5. The maximum absolute atomic E-state index is 11.6. The Morgan fingerprint density at radius 2 is 2.04 bits per heavy atom. The Labute approximate surface area is 173 Å². The molecule has 0 saturated carbocycles. The summed E-state index contributed by atoms with van der Waals surface area (Å²) in [5.41, 5.74) is 0.0145. The van der Waals surface area contributed by atoms with Gasteiger partial charge in [-0.2, -0.15) is 0 Å². The standard InChI is InChI=1S/C17H30N4O3S.HI/c1-4-18-17(20-15(2)10-14-25(3,23)24)19-11-6-8-13-21-12-7-5-9-16(21)22;/h5,7,9,12,15H,4,6,8,10-11,13-14H2,1-3H3,(H2,18,19,20);1H. The van der Waals surface area contributed by atoms with Gasteiger partial charge in [-0.25, -0.2) is 8.42 Å². The Bertz CT molecular complexity index is 704. The highest BCUT2D eigenvalue weighted by molar-refractivity contribution is 14.0. The van der Waals surface area contributed by atoms with Crippen LogP contribution in [0.2, 0.25) is 0 Å². The lowest BCUT2D eigenvalue weighted by molar-refractivity contribution is 0.578. The average Bonchev–Trinajstić information content (AvgIpc) is 2.54. The molecule has 0 aliphatic carbocycles. The van der Waals surface area contributed by atoms with Gasteiger partial charge in [-0.05, 0) is 39.2 Å². The fourth-order valence-electron chi connectivity index (χ4n) is 2.25. The van der Waals surface area contributed by atoms with Gasteiger partial charge in [0.25, 0.3) is 0 Å². The van der Waals surface area contributed by atoms with Crippen molar-refractivity contribution in [1.29, 1.82) is 0 Å². The minimum absolute atomic E-state index is 0. The van der Waals surface area contributed by atoms with E-state index in [2.05, 4.69) is 15.6 Å². The summed E-state index contributed by atoms with van der Waals surface area (Å²) in [6.07, 6.45) is 5.32. The highest BCUT2D eigenvalue weighted by atomic mass is 127. The fourth-order valence-corrected chi connectivity index (χ4v) is 3.03. The van der Waals surface area contributed by atoms with Gasteiger partial charge in [0.2, 0.25) is 5.56 Å². The largest absolute Gasteiger partial charge is 0.357 e. The topological polar surface area (TPSA) is 92.6 Å². The van der Waals surface area contributed by atoms with E-state index in [0.29, 0.717) is 25.5 Å². The molecule has 0 aromatic carbocycles. The normalized spacial score (nSPS) is 13.0. The zero-order chi connectivity index (χ0) is 18.7. The van der Waals surface area contributed by atoms with Crippen molar-refractivity contribution < 1.29 is 8.42 Å². The van der Waals surface area contributed by atoms with E-state index in [0.717, 1.165) is 19.4 Å². The number of unbranched alkanes of at least 4 members (excludes halogenated alkanes) is 1.